The van der Waals surface area contributed by atoms with E-state index in [0.717, 1.165) is 0 Å². The Bertz CT molecular complexity index is 311. The topological polar surface area (TPSA) is 27.7 Å². The van der Waals surface area contributed by atoms with Crippen LogP contribution in [0.2, 0.25) is 6.55 Å². The predicted molar refractivity (Wildman–Crippen MR) is 98.8 cm³/mol. The second-order valence-corrected chi connectivity index (χ2v) is 13.1. The van der Waals surface area contributed by atoms with Crippen LogP contribution >= 0.6 is 0 Å². The summed E-state index contributed by atoms with van der Waals surface area (Å²) in [4.78, 5) is 0. The summed E-state index contributed by atoms with van der Waals surface area (Å²) in [5.74, 6) is 0. The summed E-state index contributed by atoms with van der Waals surface area (Å²) in [6.07, 6.45) is 0. The molecule has 0 radical (unpaired) electrons. The van der Waals surface area contributed by atoms with Gasteiger partial charge in [0.1, 0.15) is 0 Å². The summed E-state index contributed by atoms with van der Waals surface area (Å²) in [7, 11) is -4.45. The van der Waals surface area contributed by atoms with Crippen molar-refractivity contribution in [2.75, 3.05) is 0 Å². The molecule has 0 aromatic rings. The molecule has 3 nitrogen and oxygen atoms in total. The zero-order valence-electron chi connectivity index (χ0n) is 14.1. The van der Waals surface area contributed by atoms with Crippen LogP contribution in [0, 0.1) is 0 Å². The average Bonchev–Trinajstić information content (AvgIpc) is 2.27. The summed E-state index contributed by atoms with van der Waals surface area (Å²) < 4.78 is 18.2. The first-order valence-electron chi connectivity index (χ1n) is 7.07. The maximum atomic E-state index is 6.07. The van der Waals surface area contributed by atoms with Crippen LogP contribution in [0.3, 0.4) is 0 Å². The monoisotopic (exact) mass is 346 g/mol. The minimum absolute atomic E-state index is 0.682. The molecule has 0 aliphatic rings. The van der Waals surface area contributed by atoms with Crippen LogP contribution in [0.1, 0.15) is 41.5 Å². The quantitative estimate of drug-likeness (QED) is 0.594. The zero-order valence-corrected chi connectivity index (χ0v) is 19.3. The van der Waals surface area contributed by atoms with Crippen molar-refractivity contribution >= 4 is 38.1 Å². The van der Waals surface area contributed by atoms with Crippen LogP contribution in [0.4, 0.5) is 0 Å². The van der Waals surface area contributed by atoms with Gasteiger partial charge in [-0.05, 0) is 41.5 Å². The number of hydrogen-bond donors (Lipinski definition) is 0. The molecule has 0 aliphatic carbocycles. The first-order valence-corrected chi connectivity index (χ1v) is 13.5. The first-order chi connectivity index (χ1) is 9.25. The highest BCUT2D eigenvalue weighted by atomic mass is 28.5. The number of rotatable bonds is 9. The second kappa shape index (κ2) is 10.7. The van der Waals surface area contributed by atoms with Gasteiger partial charge in [-0.2, -0.15) is 0 Å². The molecular formula is C13H30O3Si4. The molecule has 116 valence electrons. The normalized spacial score (nSPS) is 15.2. The van der Waals surface area contributed by atoms with Crippen LogP contribution in [-0.4, -0.2) is 38.1 Å². The smallest absolute Gasteiger partial charge is 0.418 e. The van der Waals surface area contributed by atoms with Gasteiger partial charge in [0, 0.05) is 6.55 Å². The van der Waals surface area contributed by atoms with E-state index in [2.05, 4.69) is 65.2 Å². The molecule has 0 atom stereocenters. The minimum Gasteiger partial charge on any atom is -0.418 e. The molecule has 0 N–H and O–H groups in total. The SMILES string of the molecule is CC(C)=C[SiH2]O[Si](C)(O[SiH2]C=C(C)C)O[SiH2]C=C(C)C. The minimum atomic E-state index is -2.40. The van der Waals surface area contributed by atoms with E-state index in [-0.39, 0.29) is 0 Å². The van der Waals surface area contributed by atoms with E-state index in [4.69, 9.17) is 12.3 Å². The molecule has 0 aromatic heterocycles. The van der Waals surface area contributed by atoms with Crippen molar-refractivity contribution in [2.24, 2.45) is 0 Å². The molecule has 0 unspecified atom stereocenters. The van der Waals surface area contributed by atoms with Crippen molar-refractivity contribution in [3.05, 3.63) is 33.8 Å². The third-order valence-corrected chi connectivity index (χ3v) is 13.8. The Morgan fingerprint density at radius 1 is 0.650 bits per heavy atom. The molecule has 0 heterocycles. The van der Waals surface area contributed by atoms with E-state index in [1.54, 1.807) is 0 Å². The Morgan fingerprint density at radius 3 is 1.10 bits per heavy atom. The Hall–Kier alpha value is -0.0325. The Labute approximate surface area is 132 Å². The van der Waals surface area contributed by atoms with Gasteiger partial charge in [-0.1, -0.05) is 33.8 Å². The van der Waals surface area contributed by atoms with E-state index < -0.39 is 38.1 Å². The van der Waals surface area contributed by atoms with E-state index in [9.17, 15) is 0 Å². The van der Waals surface area contributed by atoms with Gasteiger partial charge in [0.25, 0.3) is 0 Å². The van der Waals surface area contributed by atoms with Gasteiger partial charge in [-0.15, -0.1) is 0 Å². The maximum absolute atomic E-state index is 6.07. The number of allylic oxidation sites excluding steroid dienone is 3. The van der Waals surface area contributed by atoms with Crippen molar-refractivity contribution in [3.63, 3.8) is 0 Å². The van der Waals surface area contributed by atoms with Gasteiger partial charge < -0.3 is 12.3 Å². The van der Waals surface area contributed by atoms with Gasteiger partial charge in [-0.3, -0.25) is 0 Å². The maximum Gasteiger partial charge on any atom is 0.465 e. The van der Waals surface area contributed by atoms with Crippen LogP contribution in [0.5, 0.6) is 0 Å². The van der Waals surface area contributed by atoms with E-state index in [1.165, 1.54) is 16.7 Å². The van der Waals surface area contributed by atoms with Gasteiger partial charge in [0.2, 0.25) is 0 Å². The molecule has 0 rings (SSSR count). The molecule has 0 spiro atoms. The highest BCUT2D eigenvalue weighted by Crippen LogP contribution is 2.09. The van der Waals surface area contributed by atoms with Crippen molar-refractivity contribution in [1.82, 2.24) is 0 Å². The second-order valence-electron chi connectivity index (χ2n) is 5.64. The lowest BCUT2D eigenvalue weighted by Gasteiger charge is -2.26. The summed E-state index contributed by atoms with van der Waals surface area (Å²) >= 11 is 0. The molecule has 7 heteroatoms. The largest absolute Gasteiger partial charge is 0.465 e. The van der Waals surface area contributed by atoms with Gasteiger partial charge in [0.15, 0.2) is 29.3 Å². The average molecular weight is 347 g/mol. The summed E-state index contributed by atoms with van der Waals surface area (Å²) in [6, 6.07) is 0. The van der Waals surface area contributed by atoms with Crippen LogP contribution in [-0.2, 0) is 12.3 Å². The molecular weight excluding hydrogens is 316 g/mol. The predicted octanol–water partition coefficient (Wildman–Crippen LogP) is 1.63. The van der Waals surface area contributed by atoms with Gasteiger partial charge >= 0.3 is 8.80 Å². The fourth-order valence-corrected chi connectivity index (χ4v) is 10.1. The Balaban J connectivity index is 4.52. The van der Waals surface area contributed by atoms with E-state index in [0.29, 0.717) is 0 Å². The fourth-order valence-electron chi connectivity index (χ4n) is 1.20. The van der Waals surface area contributed by atoms with E-state index in [1.807, 2.05) is 0 Å². The summed E-state index contributed by atoms with van der Waals surface area (Å²) in [5, 5.41) is 0. The van der Waals surface area contributed by atoms with Crippen molar-refractivity contribution in [2.45, 2.75) is 48.1 Å². The van der Waals surface area contributed by atoms with Crippen molar-refractivity contribution < 1.29 is 12.3 Å². The van der Waals surface area contributed by atoms with E-state index >= 15 is 0 Å². The third kappa shape index (κ3) is 11.8. The molecule has 0 fully saturated rings. The zero-order chi connectivity index (χ0) is 15.6. The lowest BCUT2D eigenvalue weighted by Crippen LogP contribution is -2.45. The Kier molecular flexibility index (Phi) is 10.6. The standard InChI is InChI=1S/C13H30O3Si4/c1-11(2)8-17-14-20(7,15-18-9-12(3)4)16-19-10-13(5)6/h8-10H,17-19H2,1-7H3. The molecule has 0 amide bonds. The highest BCUT2D eigenvalue weighted by Gasteiger charge is 2.32. The van der Waals surface area contributed by atoms with Crippen molar-refractivity contribution in [1.29, 1.82) is 0 Å². The fraction of sp³-hybridized carbons (Fsp3) is 0.538. The molecule has 20 heavy (non-hydrogen) atoms. The first kappa shape index (κ1) is 20.0. The molecule has 0 saturated carbocycles. The lowest BCUT2D eigenvalue weighted by molar-refractivity contribution is 0.297. The lowest BCUT2D eigenvalue weighted by atomic mass is 10.4. The van der Waals surface area contributed by atoms with Crippen LogP contribution in [0.15, 0.2) is 33.8 Å². The summed E-state index contributed by atoms with van der Waals surface area (Å²) in [6.45, 7) is 14.7. The van der Waals surface area contributed by atoms with Crippen LogP contribution < -0.4 is 0 Å². The molecule has 0 aromatic carbocycles. The third-order valence-electron chi connectivity index (χ3n) is 2.51. The van der Waals surface area contributed by atoms with Crippen LogP contribution in [0.25, 0.3) is 0 Å². The van der Waals surface area contributed by atoms with Gasteiger partial charge in [-0.25, -0.2) is 0 Å². The van der Waals surface area contributed by atoms with Crippen molar-refractivity contribution in [3.8, 4) is 0 Å². The number of hydrogen-bond acceptors (Lipinski definition) is 3. The molecule has 0 saturated heterocycles. The Morgan fingerprint density at radius 2 is 0.900 bits per heavy atom. The van der Waals surface area contributed by atoms with Gasteiger partial charge in [0.05, 0.1) is 0 Å². The summed E-state index contributed by atoms with van der Waals surface area (Å²) in [5.41, 5.74) is 10.6. The highest BCUT2D eigenvalue weighted by molar-refractivity contribution is 6.74. The molecule has 0 aliphatic heterocycles. The molecule has 0 bridgehead atoms.